The highest BCUT2D eigenvalue weighted by atomic mass is 19.1. The molecule has 2 amide bonds. The minimum Gasteiger partial charge on any atom is -0.379 e. The van der Waals surface area contributed by atoms with E-state index in [0.717, 1.165) is 24.7 Å². The van der Waals surface area contributed by atoms with Crippen LogP contribution < -0.4 is 0 Å². The van der Waals surface area contributed by atoms with Gasteiger partial charge in [-0.25, -0.2) is 9.45 Å². The minimum absolute atomic E-state index is 0.0353. The fourth-order valence-electron chi connectivity index (χ4n) is 3.37. The summed E-state index contributed by atoms with van der Waals surface area (Å²) < 4.78 is 18.5. The lowest BCUT2D eigenvalue weighted by Gasteiger charge is -2.27. The first-order chi connectivity index (χ1) is 14.0. The second kappa shape index (κ2) is 9.91. The molecule has 158 valence electrons. The van der Waals surface area contributed by atoms with E-state index in [0.29, 0.717) is 25.2 Å². The number of likely N-dealkylation sites (tertiary alicyclic amines) is 1. The second-order valence-corrected chi connectivity index (χ2v) is 7.24. The van der Waals surface area contributed by atoms with E-state index in [4.69, 9.17) is 9.57 Å². The summed E-state index contributed by atoms with van der Waals surface area (Å²) in [5, 5.41) is 1.13. The molecule has 0 saturated carbocycles. The van der Waals surface area contributed by atoms with Gasteiger partial charge in [0.25, 0.3) is 11.8 Å². The molecule has 2 aliphatic rings. The van der Waals surface area contributed by atoms with E-state index in [9.17, 15) is 18.8 Å². The van der Waals surface area contributed by atoms with Gasteiger partial charge in [0.15, 0.2) is 0 Å². The molecule has 2 saturated heterocycles. The van der Waals surface area contributed by atoms with Crippen LogP contribution in [0.3, 0.4) is 0 Å². The fraction of sp³-hybridized carbons (Fsp3) is 0.550. The fourth-order valence-corrected chi connectivity index (χ4v) is 3.37. The van der Waals surface area contributed by atoms with Crippen molar-refractivity contribution in [3.05, 3.63) is 35.6 Å². The van der Waals surface area contributed by atoms with Crippen LogP contribution in [0.5, 0.6) is 0 Å². The summed E-state index contributed by atoms with van der Waals surface area (Å²) in [5.41, 5.74) is 0.665. The maximum Gasteiger partial charge on any atom is 0.290 e. The lowest BCUT2D eigenvalue weighted by Crippen LogP contribution is -2.40. The molecule has 1 aromatic carbocycles. The Morgan fingerprint density at radius 1 is 1.24 bits per heavy atom. The van der Waals surface area contributed by atoms with Crippen LogP contribution in [0, 0.1) is 11.7 Å². The monoisotopic (exact) mass is 407 g/mol. The Labute approximate surface area is 169 Å². The van der Waals surface area contributed by atoms with Crippen molar-refractivity contribution in [2.24, 2.45) is 5.92 Å². The Balaban J connectivity index is 1.61. The number of carbonyl (C=O) groups excluding carboxylic acids is 3. The van der Waals surface area contributed by atoms with Gasteiger partial charge in [-0.1, -0.05) is 12.1 Å². The zero-order valence-electron chi connectivity index (χ0n) is 16.5. The third-order valence-corrected chi connectivity index (χ3v) is 5.08. The molecule has 2 aliphatic heterocycles. The standard InChI is InChI=1S/C20H26FN3O5/c1-22-14-17(18(25)20(22)27)19(26)24(13-15-3-5-16(21)6-4-15)29-10-2-7-23-8-11-28-12-9-23/h3-6,17H,2,7-14H2,1H3. The van der Waals surface area contributed by atoms with E-state index in [1.807, 2.05) is 0 Å². The van der Waals surface area contributed by atoms with Gasteiger partial charge in [-0.3, -0.25) is 24.1 Å². The zero-order valence-corrected chi connectivity index (χ0v) is 16.5. The van der Waals surface area contributed by atoms with E-state index in [2.05, 4.69) is 4.90 Å². The van der Waals surface area contributed by atoms with E-state index >= 15 is 0 Å². The van der Waals surface area contributed by atoms with E-state index in [1.165, 1.54) is 24.1 Å². The Morgan fingerprint density at radius 3 is 2.55 bits per heavy atom. The molecule has 29 heavy (non-hydrogen) atoms. The number of carbonyl (C=O) groups is 3. The summed E-state index contributed by atoms with van der Waals surface area (Å²) >= 11 is 0. The first-order valence-electron chi connectivity index (χ1n) is 9.74. The van der Waals surface area contributed by atoms with Crippen molar-refractivity contribution in [2.75, 3.05) is 53.0 Å². The second-order valence-electron chi connectivity index (χ2n) is 7.24. The van der Waals surface area contributed by atoms with Crippen LogP contribution >= 0.6 is 0 Å². The molecular weight excluding hydrogens is 381 g/mol. The Kier molecular flexibility index (Phi) is 7.29. The number of halogens is 1. The molecule has 0 bridgehead atoms. The van der Waals surface area contributed by atoms with Crippen molar-refractivity contribution >= 4 is 17.6 Å². The Hall–Kier alpha value is -2.36. The average molecular weight is 407 g/mol. The van der Waals surface area contributed by atoms with Crippen LogP contribution in [0.1, 0.15) is 12.0 Å². The number of ether oxygens (including phenoxy) is 1. The predicted octanol–water partition coefficient (Wildman–Crippen LogP) is 0.466. The van der Waals surface area contributed by atoms with Gasteiger partial charge >= 0.3 is 0 Å². The Morgan fingerprint density at radius 2 is 1.93 bits per heavy atom. The van der Waals surface area contributed by atoms with Crippen molar-refractivity contribution < 1.29 is 28.3 Å². The third-order valence-electron chi connectivity index (χ3n) is 5.08. The molecule has 3 rings (SSSR count). The molecule has 0 aliphatic carbocycles. The highest BCUT2D eigenvalue weighted by molar-refractivity contribution is 6.42. The van der Waals surface area contributed by atoms with E-state index < -0.39 is 23.5 Å². The molecule has 0 radical (unpaired) electrons. The first kappa shape index (κ1) is 21.4. The molecule has 2 fully saturated rings. The van der Waals surface area contributed by atoms with Crippen LogP contribution in [-0.4, -0.2) is 85.5 Å². The van der Waals surface area contributed by atoms with Crippen LogP contribution in [0.25, 0.3) is 0 Å². The number of rotatable bonds is 8. The number of morpholine rings is 1. The topological polar surface area (TPSA) is 79.4 Å². The van der Waals surface area contributed by atoms with Crippen LogP contribution in [-0.2, 0) is 30.5 Å². The molecular formula is C20H26FN3O5. The first-order valence-corrected chi connectivity index (χ1v) is 9.74. The number of ketones is 1. The molecule has 0 aromatic heterocycles. The molecule has 0 N–H and O–H groups in total. The summed E-state index contributed by atoms with van der Waals surface area (Å²) in [5.74, 6) is -3.40. The molecule has 1 unspecified atom stereocenters. The summed E-state index contributed by atoms with van der Waals surface area (Å²) in [6.45, 7) is 4.35. The molecule has 0 spiro atoms. The van der Waals surface area contributed by atoms with Gasteiger partial charge in [0.2, 0.25) is 5.78 Å². The largest absolute Gasteiger partial charge is 0.379 e. The highest BCUT2D eigenvalue weighted by Crippen LogP contribution is 2.18. The number of hydroxylamine groups is 2. The van der Waals surface area contributed by atoms with Crippen LogP contribution in [0.4, 0.5) is 4.39 Å². The maximum absolute atomic E-state index is 13.2. The van der Waals surface area contributed by atoms with Crippen molar-refractivity contribution in [1.82, 2.24) is 14.9 Å². The van der Waals surface area contributed by atoms with Gasteiger partial charge in [-0.05, 0) is 24.1 Å². The number of hydrogen-bond acceptors (Lipinski definition) is 6. The number of nitrogens with zero attached hydrogens (tertiary/aromatic N) is 3. The van der Waals surface area contributed by atoms with Crippen LogP contribution in [0.15, 0.2) is 24.3 Å². The van der Waals surface area contributed by atoms with Gasteiger partial charge in [0.05, 0.1) is 26.4 Å². The number of amides is 2. The third kappa shape index (κ3) is 5.59. The lowest BCUT2D eigenvalue weighted by molar-refractivity contribution is -0.195. The van der Waals surface area contributed by atoms with E-state index in [-0.39, 0.29) is 25.5 Å². The quantitative estimate of drug-likeness (QED) is 0.270. The van der Waals surface area contributed by atoms with Gasteiger partial charge in [0.1, 0.15) is 11.7 Å². The summed E-state index contributed by atoms with van der Waals surface area (Å²) in [6.07, 6.45) is 0.699. The van der Waals surface area contributed by atoms with Gasteiger partial charge in [-0.2, -0.15) is 0 Å². The number of likely N-dealkylation sites (N-methyl/N-ethyl adjacent to an activating group) is 1. The molecule has 2 heterocycles. The van der Waals surface area contributed by atoms with Gasteiger partial charge in [-0.15, -0.1) is 0 Å². The zero-order chi connectivity index (χ0) is 20.8. The lowest BCUT2D eigenvalue weighted by atomic mass is 10.1. The summed E-state index contributed by atoms with van der Waals surface area (Å²) in [6, 6.07) is 5.71. The number of Topliss-reactive ketones (excluding diaryl/α,β-unsaturated/α-hetero) is 1. The normalized spacial score (nSPS) is 20.3. The molecule has 8 nitrogen and oxygen atoms in total. The maximum atomic E-state index is 13.2. The SMILES string of the molecule is CN1CC(C(=O)N(Cc2ccc(F)cc2)OCCCN2CCOCC2)C(=O)C1=O. The average Bonchev–Trinajstić information content (AvgIpc) is 2.99. The van der Waals surface area contributed by atoms with Crippen molar-refractivity contribution in [2.45, 2.75) is 13.0 Å². The van der Waals surface area contributed by atoms with Crippen LogP contribution in [0.2, 0.25) is 0 Å². The highest BCUT2D eigenvalue weighted by Gasteiger charge is 2.43. The molecule has 9 heteroatoms. The summed E-state index contributed by atoms with van der Waals surface area (Å²) in [7, 11) is 1.49. The minimum atomic E-state index is -1.08. The summed E-state index contributed by atoms with van der Waals surface area (Å²) in [4.78, 5) is 46.0. The molecule has 1 atom stereocenters. The molecule has 1 aromatic rings. The van der Waals surface area contributed by atoms with Gasteiger partial charge in [0, 0.05) is 33.2 Å². The Bertz CT molecular complexity index is 736. The smallest absolute Gasteiger partial charge is 0.290 e. The van der Waals surface area contributed by atoms with Gasteiger partial charge < -0.3 is 9.64 Å². The number of hydrogen-bond donors (Lipinski definition) is 0. The van der Waals surface area contributed by atoms with E-state index in [1.54, 1.807) is 12.1 Å². The predicted molar refractivity (Wildman–Crippen MR) is 101 cm³/mol. The van der Waals surface area contributed by atoms with Crippen molar-refractivity contribution in [3.63, 3.8) is 0 Å². The van der Waals surface area contributed by atoms with Crippen molar-refractivity contribution in [1.29, 1.82) is 0 Å². The van der Waals surface area contributed by atoms with Crippen molar-refractivity contribution in [3.8, 4) is 0 Å². The number of benzene rings is 1.